The van der Waals surface area contributed by atoms with Crippen LogP contribution >= 0.6 is 11.9 Å². The van der Waals surface area contributed by atoms with Crippen LogP contribution in [0.2, 0.25) is 0 Å². The number of hydrogen-bond acceptors (Lipinski definition) is 4. The minimum atomic E-state index is -1.37. The molecular formula is C24H34N4O2S2. The van der Waals surface area contributed by atoms with E-state index in [0.717, 1.165) is 24.2 Å². The van der Waals surface area contributed by atoms with Gasteiger partial charge in [-0.05, 0) is 63.4 Å². The first-order valence-corrected chi connectivity index (χ1v) is 13.6. The van der Waals surface area contributed by atoms with E-state index in [1.807, 2.05) is 39.0 Å². The second kappa shape index (κ2) is 8.88. The van der Waals surface area contributed by atoms with Crippen LogP contribution in [-0.4, -0.2) is 33.0 Å². The van der Waals surface area contributed by atoms with Gasteiger partial charge in [0.05, 0.1) is 4.90 Å². The van der Waals surface area contributed by atoms with Crippen LogP contribution in [0.1, 0.15) is 68.9 Å². The quantitative estimate of drug-likeness (QED) is 0.599. The molecule has 4 rings (SSSR count). The number of aryl methyl sites for hydroxylation is 1. The largest absolute Gasteiger partial charge is 0.345 e. The van der Waals surface area contributed by atoms with Gasteiger partial charge in [0, 0.05) is 48.4 Å². The van der Waals surface area contributed by atoms with Gasteiger partial charge in [0.2, 0.25) is 0 Å². The van der Waals surface area contributed by atoms with E-state index in [4.69, 9.17) is 0 Å². The summed E-state index contributed by atoms with van der Waals surface area (Å²) in [6, 6.07) is 8.14. The van der Waals surface area contributed by atoms with E-state index in [1.54, 1.807) is 28.8 Å². The standard InChI is InChI=1S/C24H34N4O2S2/c1-23(2,3)26-32(30)18-14-21(27(4)15-18)22(29)28-16-24(11-7-6-8-12-24)19-13-17(25-31-5)9-10-20(19)28/h9-10,13-15,25-26H,6-8,11-12,16H2,1-5H3. The van der Waals surface area contributed by atoms with Gasteiger partial charge in [-0.15, -0.1) is 0 Å². The summed E-state index contributed by atoms with van der Waals surface area (Å²) < 4.78 is 21.0. The Labute approximate surface area is 198 Å². The molecule has 6 nitrogen and oxygen atoms in total. The molecule has 1 fully saturated rings. The van der Waals surface area contributed by atoms with Gasteiger partial charge < -0.3 is 14.2 Å². The van der Waals surface area contributed by atoms with Crippen molar-refractivity contribution >= 4 is 40.2 Å². The van der Waals surface area contributed by atoms with Gasteiger partial charge in [-0.25, -0.2) is 8.93 Å². The van der Waals surface area contributed by atoms with Gasteiger partial charge in [-0.2, -0.15) is 0 Å². The molecule has 0 saturated heterocycles. The minimum Gasteiger partial charge on any atom is -0.345 e. The van der Waals surface area contributed by atoms with Crippen molar-refractivity contribution in [3.05, 3.63) is 41.7 Å². The summed E-state index contributed by atoms with van der Waals surface area (Å²) >= 11 is 1.58. The van der Waals surface area contributed by atoms with E-state index in [9.17, 15) is 9.00 Å². The normalized spacial score (nSPS) is 18.6. The van der Waals surface area contributed by atoms with Gasteiger partial charge >= 0.3 is 0 Å². The lowest BCUT2D eigenvalue weighted by molar-refractivity contribution is 0.0974. The third-order valence-electron chi connectivity index (χ3n) is 6.41. The molecule has 8 heteroatoms. The molecule has 1 saturated carbocycles. The van der Waals surface area contributed by atoms with Crippen LogP contribution in [0, 0.1) is 0 Å². The predicted molar refractivity (Wildman–Crippen MR) is 135 cm³/mol. The molecule has 1 aromatic carbocycles. The maximum atomic E-state index is 13.8. The lowest BCUT2D eigenvalue weighted by Crippen LogP contribution is -2.38. The fraction of sp³-hybridized carbons (Fsp3) is 0.542. The lowest BCUT2D eigenvalue weighted by Gasteiger charge is -2.34. The Morgan fingerprint density at radius 1 is 1.16 bits per heavy atom. The molecule has 2 aromatic rings. The van der Waals surface area contributed by atoms with Gasteiger partial charge in [-0.3, -0.25) is 4.79 Å². The summed E-state index contributed by atoms with van der Waals surface area (Å²) in [5.74, 6) is -0.0271. The Morgan fingerprint density at radius 2 is 1.88 bits per heavy atom. The Kier molecular flexibility index (Phi) is 6.49. The SMILES string of the molecule is CSNc1ccc2c(c1)C1(CCCCC1)CN2C(=O)c1cc(S(=O)NC(C)(C)C)cn1C. The van der Waals surface area contributed by atoms with E-state index in [0.29, 0.717) is 17.1 Å². The highest BCUT2D eigenvalue weighted by molar-refractivity contribution is 7.99. The molecule has 174 valence electrons. The smallest absolute Gasteiger partial charge is 0.274 e. The summed E-state index contributed by atoms with van der Waals surface area (Å²) in [6.45, 7) is 6.65. The van der Waals surface area contributed by atoms with Crippen LogP contribution in [0.5, 0.6) is 0 Å². The van der Waals surface area contributed by atoms with Crippen molar-refractivity contribution in [2.45, 2.75) is 68.7 Å². The average Bonchev–Trinajstić information content (AvgIpc) is 3.26. The van der Waals surface area contributed by atoms with E-state index in [1.165, 1.54) is 24.8 Å². The summed E-state index contributed by atoms with van der Waals surface area (Å²) in [5.41, 5.74) is 3.70. The number of carbonyl (C=O) groups is 1. The maximum absolute atomic E-state index is 13.8. The minimum absolute atomic E-state index is 0.0271. The van der Waals surface area contributed by atoms with Gasteiger partial charge in [-0.1, -0.05) is 31.2 Å². The third kappa shape index (κ3) is 4.50. The summed E-state index contributed by atoms with van der Waals surface area (Å²) in [5, 5.41) is 0. The fourth-order valence-corrected chi connectivity index (χ4v) is 6.52. The Morgan fingerprint density at radius 3 is 2.53 bits per heavy atom. The zero-order valence-corrected chi connectivity index (χ0v) is 21.3. The Bertz CT molecular complexity index is 1040. The van der Waals surface area contributed by atoms with Crippen LogP contribution in [0.3, 0.4) is 0 Å². The number of fused-ring (bicyclic) bond motifs is 2. The van der Waals surface area contributed by atoms with Crippen LogP contribution in [-0.2, 0) is 23.4 Å². The molecule has 1 atom stereocenters. The lowest BCUT2D eigenvalue weighted by atomic mass is 9.70. The monoisotopic (exact) mass is 474 g/mol. The number of benzene rings is 1. The molecule has 1 spiro atoms. The molecule has 2 aliphatic rings. The van der Waals surface area contributed by atoms with Crippen LogP contribution in [0.25, 0.3) is 0 Å². The number of hydrogen-bond donors (Lipinski definition) is 2. The molecule has 32 heavy (non-hydrogen) atoms. The highest BCUT2D eigenvalue weighted by Crippen LogP contribution is 2.50. The number of rotatable bonds is 5. The van der Waals surface area contributed by atoms with Crippen LogP contribution < -0.4 is 14.3 Å². The number of nitrogens with zero attached hydrogens (tertiary/aromatic N) is 2. The van der Waals surface area contributed by atoms with E-state index in [2.05, 4.69) is 27.6 Å². The van der Waals surface area contributed by atoms with Crippen molar-refractivity contribution in [2.75, 3.05) is 22.4 Å². The summed E-state index contributed by atoms with van der Waals surface area (Å²) in [4.78, 5) is 16.3. The number of aromatic nitrogens is 1. The molecule has 1 aliphatic carbocycles. The molecule has 1 unspecified atom stereocenters. The molecule has 1 amide bonds. The second-order valence-corrected chi connectivity index (χ2v) is 11.9. The van der Waals surface area contributed by atoms with Crippen LogP contribution in [0.15, 0.2) is 35.4 Å². The average molecular weight is 475 g/mol. The zero-order chi connectivity index (χ0) is 23.1. The highest BCUT2D eigenvalue weighted by atomic mass is 32.2. The van der Waals surface area contributed by atoms with Crippen molar-refractivity contribution in [3.8, 4) is 0 Å². The Hall–Kier alpha value is -1.77. The van der Waals surface area contributed by atoms with Crippen molar-refractivity contribution in [3.63, 3.8) is 0 Å². The van der Waals surface area contributed by atoms with E-state index in [-0.39, 0.29) is 16.9 Å². The molecule has 1 aliphatic heterocycles. The summed E-state index contributed by atoms with van der Waals surface area (Å²) in [7, 11) is 0.477. The maximum Gasteiger partial charge on any atom is 0.274 e. The van der Waals surface area contributed by atoms with Crippen molar-refractivity contribution in [1.82, 2.24) is 9.29 Å². The number of amides is 1. The van der Waals surface area contributed by atoms with Gasteiger partial charge in [0.1, 0.15) is 16.7 Å². The molecule has 0 radical (unpaired) electrons. The van der Waals surface area contributed by atoms with Crippen molar-refractivity contribution in [1.29, 1.82) is 0 Å². The highest BCUT2D eigenvalue weighted by Gasteiger charge is 2.45. The van der Waals surface area contributed by atoms with E-state index < -0.39 is 11.0 Å². The van der Waals surface area contributed by atoms with Gasteiger partial charge in [0.25, 0.3) is 5.91 Å². The first kappa shape index (κ1) is 23.4. The van der Waals surface area contributed by atoms with Crippen LogP contribution in [0.4, 0.5) is 11.4 Å². The Balaban J connectivity index is 1.67. The predicted octanol–water partition coefficient (Wildman–Crippen LogP) is 4.99. The van der Waals surface area contributed by atoms with Crippen molar-refractivity contribution in [2.24, 2.45) is 7.05 Å². The molecular weight excluding hydrogens is 440 g/mol. The molecule has 2 N–H and O–H groups in total. The zero-order valence-electron chi connectivity index (χ0n) is 19.7. The number of carbonyl (C=O) groups excluding carboxylic acids is 1. The molecule has 1 aromatic heterocycles. The van der Waals surface area contributed by atoms with Crippen molar-refractivity contribution < 1.29 is 9.00 Å². The molecule has 2 heterocycles. The first-order valence-electron chi connectivity index (χ1n) is 11.2. The third-order valence-corrected chi connectivity index (χ3v) is 8.30. The number of anilines is 2. The first-order chi connectivity index (χ1) is 15.1. The van der Waals surface area contributed by atoms with E-state index >= 15 is 0 Å². The topological polar surface area (TPSA) is 66.4 Å². The second-order valence-electron chi connectivity index (χ2n) is 10.1. The summed E-state index contributed by atoms with van der Waals surface area (Å²) in [6.07, 6.45) is 9.71. The van der Waals surface area contributed by atoms with Gasteiger partial charge in [0.15, 0.2) is 0 Å². The molecule has 0 bridgehead atoms. The number of nitrogens with one attached hydrogen (secondary N) is 2. The fourth-order valence-electron chi connectivity index (χ4n) is 5.01.